The summed E-state index contributed by atoms with van der Waals surface area (Å²) in [6.45, 7) is 2.02. The fourth-order valence-corrected chi connectivity index (χ4v) is 5.41. The second kappa shape index (κ2) is 10.3. The van der Waals surface area contributed by atoms with Crippen LogP contribution in [-0.2, 0) is 10.0 Å². The lowest BCUT2D eigenvalue weighted by Crippen LogP contribution is -2.25. The summed E-state index contributed by atoms with van der Waals surface area (Å²) in [7, 11) is -3.73. The van der Waals surface area contributed by atoms with E-state index in [1.54, 1.807) is 24.3 Å². The van der Waals surface area contributed by atoms with Crippen molar-refractivity contribution < 1.29 is 8.42 Å². The van der Waals surface area contributed by atoms with Crippen LogP contribution in [-0.4, -0.2) is 31.7 Å². The highest BCUT2D eigenvalue weighted by Gasteiger charge is 2.16. The first-order valence-corrected chi connectivity index (χ1v) is 13.4. The van der Waals surface area contributed by atoms with E-state index in [-0.39, 0.29) is 4.90 Å². The van der Waals surface area contributed by atoms with Gasteiger partial charge >= 0.3 is 0 Å². The van der Waals surface area contributed by atoms with Gasteiger partial charge in [-0.1, -0.05) is 67.4 Å². The molecule has 4 aromatic rings. The van der Waals surface area contributed by atoms with E-state index in [0.717, 1.165) is 35.6 Å². The van der Waals surface area contributed by atoms with Crippen molar-refractivity contribution >= 4 is 21.5 Å². The molecule has 6 nitrogen and oxygen atoms in total. The first kappa shape index (κ1) is 23.1. The van der Waals surface area contributed by atoms with E-state index in [0.29, 0.717) is 11.4 Å². The van der Waals surface area contributed by atoms with Gasteiger partial charge in [0.15, 0.2) is 5.82 Å². The lowest BCUT2D eigenvalue weighted by molar-refractivity contribution is 0.601. The normalized spacial score (nSPS) is 14.3. The van der Waals surface area contributed by atoms with Gasteiger partial charge in [0.05, 0.1) is 10.6 Å². The van der Waals surface area contributed by atoms with Crippen molar-refractivity contribution in [1.29, 1.82) is 0 Å². The Bertz CT molecular complexity index is 1360. The average Bonchev–Trinajstić information content (AvgIpc) is 3.19. The number of rotatable bonds is 6. The van der Waals surface area contributed by atoms with Crippen LogP contribution >= 0.6 is 0 Å². The predicted molar refractivity (Wildman–Crippen MR) is 141 cm³/mol. The van der Waals surface area contributed by atoms with Crippen molar-refractivity contribution in [3.63, 3.8) is 0 Å². The Morgan fingerprint density at radius 3 is 2.03 bits per heavy atom. The van der Waals surface area contributed by atoms with Gasteiger partial charge in [-0.3, -0.25) is 4.72 Å². The predicted octanol–water partition coefficient (Wildman–Crippen LogP) is 5.99. The van der Waals surface area contributed by atoms with Gasteiger partial charge in [-0.15, -0.1) is 10.2 Å². The monoisotopic (exact) mass is 484 g/mol. The summed E-state index contributed by atoms with van der Waals surface area (Å²) >= 11 is 0. The van der Waals surface area contributed by atoms with Crippen molar-refractivity contribution in [2.75, 3.05) is 22.7 Å². The van der Waals surface area contributed by atoms with Crippen LogP contribution in [0.5, 0.6) is 0 Å². The molecular formula is C28H28N4O2S. The fraction of sp³-hybridized carbons (Fsp3) is 0.214. The maximum atomic E-state index is 13.0. The Balaban J connectivity index is 1.31. The Hall–Kier alpha value is -3.71. The minimum Gasteiger partial charge on any atom is -0.355 e. The average molecular weight is 485 g/mol. The second-order valence-electron chi connectivity index (χ2n) is 8.75. The molecular weight excluding hydrogens is 456 g/mol. The third-order valence-electron chi connectivity index (χ3n) is 6.26. The third kappa shape index (κ3) is 5.52. The molecule has 0 atom stereocenters. The Morgan fingerprint density at radius 1 is 0.657 bits per heavy atom. The molecule has 5 rings (SSSR count). The minimum absolute atomic E-state index is 0.212. The number of benzene rings is 3. The largest absolute Gasteiger partial charge is 0.355 e. The van der Waals surface area contributed by atoms with Crippen molar-refractivity contribution in [3.05, 3.63) is 91.0 Å². The number of sulfonamides is 1. The van der Waals surface area contributed by atoms with Crippen LogP contribution in [0.3, 0.4) is 0 Å². The van der Waals surface area contributed by atoms with Crippen LogP contribution in [0.15, 0.2) is 95.9 Å². The number of hydrogen-bond donors (Lipinski definition) is 1. The molecule has 0 radical (unpaired) electrons. The van der Waals surface area contributed by atoms with Crippen LogP contribution in [0, 0.1) is 0 Å². The van der Waals surface area contributed by atoms with Gasteiger partial charge in [-0.05, 0) is 60.4 Å². The van der Waals surface area contributed by atoms with Crippen LogP contribution in [0.4, 0.5) is 11.5 Å². The summed E-state index contributed by atoms with van der Waals surface area (Å²) in [5.41, 5.74) is 4.00. The first-order chi connectivity index (χ1) is 17.1. The standard InChI is InChI=1S/C28H28N4O2S/c33-35(34,26-15-13-23(14-16-26)22-9-4-3-5-10-22)31-25-12-8-11-24(21-25)27-17-18-28(30-29-27)32-19-6-1-2-7-20-32/h3-5,8-18,21,31H,1-2,6-7,19-20H2. The highest BCUT2D eigenvalue weighted by molar-refractivity contribution is 7.92. The molecule has 0 saturated carbocycles. The van der Waals surface area contributed by atoms with Crippen molar-refractivity contribution in [1.82, 2.24) is 10.2 Å². The van der Waals surface area contributed by atoms with Gasteiger partial charge in [-0.25, -0.2) is 8.42 Å². The van der Waals surface area contributed by atoms with E-state index in [1.807, 2.05) is 66.7 Å². The highest BCUT2D eigenvalue weighted by Crippen LogP contribution is 2.26. The Kier molecular flexibility index (Phi) is 6.77. The van der Waals surface area contributed by atoms with Gasteiger partial charge in [0.2, 0.25) is 0 Å². The van der Waals surface area contributed by atoms with Gasteiger partial charge in [0.25, 0.3) is 10.0 Å². The lowest BCUT2D eigenvalue weighted by Gasteiger charge is -2.20. The molecule has 1 aromatic heterocycles. The van der Waals surface area contributed by atoms with E-state index >= 15 is 0 Å². The van der Waals surface area contributed by atoms with Crippen LogP contribution in [0.25, 0.3) is 22.4 Å². The van der Waals surface area contributed by atoms with Gasteiger partial charge < -0.3 is 4.90 Å². The molecule has 0 amide bonds. The Labute approximate surface area is 206 Å². The zero-order valence-electron chi connectivity index (χ0n) is 19.5. The molecule has 1 saturated heterocycles. The molecule has 0 unspecified atom stereocenters. The summed E-state index contributed by atoms with van der Waals surface area (Å²) in [6, 6.07) is 27.9. The maximum Gasteiger partial charge on any atom is 0.261 e. The summed E-state index contributed by atoms with van der Waals surface area (Å²) in [5, 5.41) is 8.86. The molecule has 1 aliphatic rings. The van der Waals surface area contributed by atoms with E-state index < -0.39 is 10.0 Å². The fourth-order valence-electron chi connectivity index (χ4n) is 4.36. The summed E-state index contributed by atoms with van der Waals surface area (Å²) < 4.78 is 28.7. The molecule has 3 aromatic carbocycles. The maximum absolute atomic E-state index is 13.0. The smallest absolute Gasteiger partial charge is 0.261 e. The van der Waals surface area contributed by atoms with Gasteiger partial charge in [0.1, 0.15) is 0 Å². The van der Waals surface area contributed by atoms with Crippen LogP contribution in [0.2, 0.25) is 0 Å². The van der Waals surface area contributed by atoms with Crippen molar-refractivity contribution in [3.8, 4) is 22.4 Å². The van der Waals surface area contributed by atoms with E-state index in [9.17, 15) is 8.42 Å². The van der Waals surface area contributed by atoms with E-state index in [4.69, 9.17) is 0 Å². The summed E-state index contributed by atoms with van der Waals surface area (Å²) in [6.07, 6.45) is 4.89. The first-order valence-electron chi connectivity index (χ1n) is 12.0. The molecule has 1 N–H and O–H groups in total. The zero-order chi connectivity index (χ0) is 24.1. The third-order valence-corrected chi connectivity index (χ3v) is 7.66. The Morgan fingerprint density at radius 2 is 1.34 bits per heavy atom. The number of nitrogens with zero attached hydrogens (tertiary/aromatic N) is 3. The van der Waals surface area contributed by atoms with Crippen molar-refractivity contribution in [2.45, 2.75) is 30.6 Å². The van der Waals surface area contributed by atoms with Crippen LogP contribution < -0.4 is 9.62 Å². The molecule has 1 fully saturated rings. The molecule has 35 heavy (non-hydrogen) atoms. The highest BCUT2D eigenvalue weighted by atomic mass is 32.2. The number of nitrogens with one attached hydrogen (secondary N) is 1. The van der Waals surface area contributed by atoms with Crippen LogP contribution in [0.1, 0.15) is 25.7 Å². The molecule has 178 valence electrons. The lowest BCUT2D eigenvalue weighted by atomic mass is 10.1. The van der Waals surface area contributed by atoms with E-state index in [2.05, 4.69) is 19.8 Å². The summed E-state index contributed by atoms with van der Waals surface area (Å²) in [4.78, 5) is 2.50. The molecule has 0 aliphatic carbocycles. The van der Waals surface area contributed by atoms with E-state index in [1.165, 1.54) is 25.7 Å². The number of hydrogen-bond acceptors (Lipinski definition) is 5. The van der Waals surface area contributed by atoms with Crippen molar-refractivity contribution in [2.24, 2.45) is 0 Å². The second-order valence-corrected chi connectivity index (χ2v) is 10.4. The summed E-state index contributed by atoms with van der Waals surface area (Å²) in [5.74, 6) is 0.895. The van der Waals surface area contributed by atoms with Gasteiger partial charge in [-0.2, -0.15) is 0 Å². The molecule has 2 heterocycles. The number of aromatic nitrogens is 2. The SMILES string of the molecule is O=S(=O)(Nc1cccc(-c2ccc(N3CCCCCC3)nn2)c1)c1ccc(-c2ccccc2)cc1. The molecule has 7 heteroatoms. The topological polar surface area (TPSA) is 75.2 Å². The minimum atomic E-state index is -3.73. The molecule has 1 aliphatic heterocycles. The molecule has 0 spiro atoms. The quantitative estimate of drug-likeness (QED) is 0.364. The van der Waals surface area contributed by atoms with Gasteiger partial charge in [0, 0.05) is 24.3 Å². The number of anilines is 2. The molecule has 0 bridgehead atoms. The zero-order valence-corrected chi connectivity index (χ0v) is 20.3.